The van der Waals surface area contributed by atoms with Gasteiger partial charge in [-0.3, -0.25) is 4.98 Å². The number of fused-ring (bicyclic) bond motifs is 1. The van der Waals surface area contributed by atoms with Crippen LogP contribution in [0.4, 0.5) is 5.69 Å². The summed E-state index contributed by atoms with van der Waals surface area (Å²) in [5.41, 5.74) is 2.96. The minimum atomic E-state index is -0.253. The molecule has 0 fully saturated rings. The number of anilines is 1. The van der Waals surface area contributed by atoms with Crippen molar-refractivity contribution < 1.29 is 9.53 Å². The number of methoxy groups -OCH3 is 1. The van der Waals surface area contributed by atoms with Gasteiger partial charge in [0.25, 0.3) is 0 Å². The first-order valence-electron chi connectivity index (χ1n) is 5.53. The molecule has 0 saturated carbocycles. The maximum absolute atomic E-state index is 10.9. The van der Waals surface area contributed by atoms with Gasteiger partial charge in [0.1, 0.15) is 6.29 Å². The van der Waals surface area contributed by atoms with Crippen molar-refractivity contribution in [2.75, 3.05) is 25.6 Å². The molecule has 1 aliphatic heterocycles. The van der Waals surface area contributed by atoms with Gasteiger partial charge >= 0.3 is 0 Å². The Morgan fingerprint density at radius 2 is 2.50 bits per heavy atom. The van der Waals surface area contributed by atoms with Gasteiger partial charge in [-0.05, 0) is 25.0 Å². The van der Waals surface area contributed by atoms with Crippen molar-refractivity contribution in [2.45, 2.75) is 18.8 Å². The maximum Gasteiger partial charge on any atom is 0.131 e. The summed E-state index contributed by atoms with van der Waals surface area (Å²) in [4.78, 5) is 15.5. The number of ether oxygens (including phenoxy) is 1. The summed E-state index contributed by atoms with van der Waals surface area (Å²) in [5, 5.41) is 3.30. The maximum atomic E-state index is 10.9. The summed E-state index contributed by atoms with van der Waals surface area (Å²) < 4.78 is 5.01. The average molecular weight is 220 g/mol. The molecule has 2 rings (SSSR count). The number of aryl methyl sites for hydroxylation is 1. The van der Waals surface area contributed by atoms with Crippen LogP contribution in [-0.2, 0) is 16.0 Å². The van der Waals surface area contributed by atoms with Crippen LogP contribution in [0.2, 0.25) is 0 Å². The number of hydrogen-bond acceptors (Lipinski definition) is 4. The Kier molecular flexibility index (Phi) is 3.51. The molecule has 16 heavy (non-hydrogen) atoms. The predicted octanol–water partition coefficient (Wildman–Crippen LogP) is 1.37. The summed E-state index contributed by atoms with van der Waals surface area (Å²) in [6.45, 7) is 1.39. The molecule has 1 atom stereocenters. The van der Waals surface area contributed by atoms with Crippen molar-refractivity contribution in [2.24, 2.45) is 0 Å². The molecule has 0 radical (unpaired) electrons. The monoisotopic (exact) mass is 220 g/mol. The Morgan fingerprint density at radius 1 is 1.62 bits per heavy atom. The number of carbonyl (C=O) groups excluding carboxylic acids is 1. The number of rotatable bonds is 4. The number of carbonyl (C=O) groups is 1. The Balaban J connectivity index is 2.24. The number of nitrogens with zero attached hydrogens (tertiary/aromatic N) is 1. The van der Waals surface area contributed by atoms with Gasteiger partial charge in [-0.1, -0.05) is 0 Å². The molecule has 0 saturated heterocycles. The van der Waals surface area contributed by atoms with E-state index < -0.39 is 0 Å². The van der Waals surface area contributed by atoms with Crippen LogP contribution >= 0.6 is 0 Å². The molecule has 1 N–H and O–H groups in total. The zero-order valence-corrected chi connectivity index (χ0v) is 9.40. The molecular formula is C12H16N2O2. The lowest BCUT2D eigenvalue weighted by Gasteiger charge is -2.18. The van der Waals surface area contributed by atoms with Crippen molar-refractivity contribution in [3.8, 4) is 0 Å². The van der Waals surface area contributed by atoms with Crippen molar-refractivity contribution in [1.82, 2.24) is 4.98 Å². The number of nitrogens with one attached hydrogen (secondary N) is 1. The van der Waals surface area contributed by atoms with Gasteiger partial charge < -0.3 is 14.8 Å². The van der Waals surface area contributed by atoms with Crippen molar-refractivity contribution in [1.29, 1.82) is 0 Å². The van der Waals surface area contributed by atoms with Crippen molar-refractivity contribution >= 4 is 12.0 Å². The molecule has 1 aromatic heterocycles. The Bertz CT molecular complexity index is 379. The molecular weight excluding hydrogens is 204 g/mol. The van der Waals surface area contributed by atoms with Gasteiger partial charge in [-0.2, -0.15) is 0 Å². The van der Waals surface area contributed by atoms with Crippen molar-refractivity contribution in [3.05, 3.63) is 23.5 Å². The second-order valence-electron chi connectivity index (χ2n) is 3.96. The van der Waals surface area contributed by atoms with Gasteiger partial charge in [0.2, 0.25) is 0 Å². The van der Waals surface area contributed by atoms with Crippen LogP contribution in [-0.4, -0.2) is 31.5 Å². The van der Waals surface area contributed by atoms with Crippen LogP contribution in [0.15, 0.2) is 12.1 Å². The first kappa shape index (κ1) is 11.1. The van der Waals surface area contributed by atoms with E-state index in [2.05, 4.69) is 10.3 Å². The lowest BCUT2D eigenvalue weighted by atomic mass is 10.0. The smallest absolute Gasteiger partial charge is 0.131 e. The second-order valence-corrected chi connectivity index (χ2v) is 3.96. The summed E-state index contributed by atoms with van der Waals surface area (Å²) in [7, 11) is 1.59. The van der Waals surface area contributed by atoms with Crippen molar-refractivity contribution in [3.63, 3.8) is 0 Å². The lowest BCUT2D eigenvalue weighted by molar-refractivity contribution is -0.110. The highest BCUT2D eigenvalue weighted by molar-refractivity contribution is 5.62. The molecule has 2 heterocycles. The Hall–Kier alpha value is -1.42. The fourth-order valence-corrected chi connectivity index (χ4v) is 1.93. The van der Waals surface area contributed by atoms with E-state index >= 15 is 0 Å². The summed E-state index contributed by atoms with van der Waals surface area (Å²) in [6.07, 6.45) is 2.97. The molecule has 1 unspecified atom stereocenters. The minimum Gasteiger partial charge on any atom is -0.384 e. The van der Waals surface area contributed by atoms with E-state index in [0.717, 1.165) is 42.7 Å². The predicted molar refractivity (Wildman–Crippen MR) is 61.7 cm³/mol. The Labute approximate surface area is 95.0 Å². The number of aromatic nitrogens is 1. The number of aldehydes is 1. The van der Waals surface area contributed by atoms with E-state index in [1.807, 2.05) is 12.1 Å². The quantitative estimate of drug-likeness (QED) is 0.779. The second kappa shape index (κ2) is 5.07. The van der Waals surface area contributed by atoms with E-state index in [1.165, 1.54) is 0 Å². The highest BCUT2D eigenvalue weighted by Gasteiger charge is 2.15. The first-order valence-corrected chi connectivity index (χ1v) is 5.53. The van der Waals surface area contributed by atoms with Crippen LogP contribution in [0.3, 0.4) is 0 Å². The number of hydrogen-bond donors (Lipinski definition) is 1. The highest BCUT2D eigenvalue weighted by atomic mass is 16.5. The SMILES string of the molecule is COCC(C=O)c1ccc2c(n1)CCCN2. The van der Waals surface area contributed by atoms with Crippen LogP contribution in [0, 0.1) is 0 Å². The van der Waals surface area contributed by atoms with Gasteiger partial charge in [-0.15, -0.1) is 0 Å². The summed E-state index contributed by atoms with van der Waals surface area (Å²) in [5.74, 6) is -0.253. The molecule has 4 nitrogen and oxygen atoms in total. The van der Waals surface area contributed by atoms with Crippen LogP contribution in [0.25, 0.3) is 0 Å². The van der Waals surface area contributed by atoms with Crippen LogP contribution in [0.5, 0.6) is 0 Å². The zero-order valence-electron chi connectivity index (χ0n) is 9.40. The van der Waals surface area contributed by atoms with E-state index in [-0.39, 0.29) is 5.92 Å². The zero-order chi connectivity index (χ0) is 11.4. The van der Waals surface area contributed by atoms with Gasteiger partial charge in [0, 0.05) is 13.7 Å². The molecule has 0 bridgehead atoms. The highest BCUT2D eigenvalue weighted by Crippen LogP contribution is 2.22. The number of pyridine rings is 1. The minimum absolute atomic E-state index is 0.253. The third-order valence-corrected chi connectivity index (χ3v) is 2.79. The van der Waals surface area contributed by atoms with E-state index in [0.29, 0.717) is 6.61 Å². The molecule has 0 amide bonds. The average Bonchev–Trinajstić information content (AvgIpc) is 2.35. The molecule has 1 aliphatic rings. The molecule has 1 aromatic rings. The third kappa shape index (κ3) is 2.22. The fraction of sp³-hybridized carbons (Fsp3) is 0.500. The summed E-state index contributed by atoms with van der Waals surface area (Å²) in [6, 6.07) is 3.90. The normalized spacial score (nSPS) is 16.1. The van der Waals surface area contributed by atoms with Gasteiger partial charge in [0.15, 0.2) is 0 Å². The lowest BCUT2D eigenvalue weighted by Crippen LogP contribution is -2.16. The molecule has 0 spiro atoms. The Morgan fingerprint density at radius 3 is 3.25 bits per heavy atom. The van der Waals surface area contributed by atoms with Gasteiger partial charge in [0.05, 0.1) is 29.6 Å². The largest absolute Gasteiger partial charge is 0.384 e. The van der Waals surface area contributed by atoms with Crippen LogP contribution < -0.4 is 5.32 Å². The molecule has 4 heteroatoms. The summed E-state index contributed by atoms with van der Waals surface area (Å²) >= 11 is 0. The van der Waals surface area contributed by atoms with E-state index in [1.54, 1.807) is 7.11 Å². The van der Waals surface area contributed by atoms with E-state index in [4.69, 9.17) is 4.74 Å². The molecule has 86 valence electrons. The van der Waals surface area contributed by atoms with E-state index in [9.17, 15) is 4.79 Å². The molecule has 0 aliphatic carbocycles. The third-order valence-electron chi connectivity index (χ3n) is 2.79. The van der Waals surface area contributed by atoms with Crippen LogP contribution in [0.1, 0.15) is 23.7 Å². The van der Waals surface area contributed by atoms with Gasteiger partial charge in [-0.25, -0.2) is 0 Å². The topological polar surface area (TPSA) is 51.2 Å². The fourth-order valence-electron chi connectivity index (χ4n) is 1.93. The first-order chi connectivity index (χ1) is 7.85. The molecule has 0 aromatic carbocycles. The standard InChI is InChI=1S/C12H16N2O2/c1-16-8-9(7-15)10-4-5-11-12(14-10)3-2-6-13-11/h4-5,7,9,13H,2-3,6,8H2,1H3.